The van der Waals surface area contributed by atoms with Crippen LogP contribution >= 0.6 is 45.9 Å². The summed E-state index contributed by atoms with van der Waals surface area (Å²) in [6.07, 6.45) is 1.58. The Morgan fingerprint density at radius 2 is 2.04 bits per heavy atom. The molecule has 0 radical (unpaired) electrons. The van der Waals surface area contributed by atoms with E-state index in [2.05, 4.69) is 18.0 Å². The Morgan fingerprint density at radius 1 is 1.20 bits per heavy atom. The number of thiophene rings is 2. The van der Waals surface area contributed by atoms with Gasteiger partial charge in [-0.05, 0) is 36.8 Å². The quantitative estimate of drug-likeness (QED) is 0.427. The lowest BCUT2D eigenvalue weighted by molar-refractivity contribution is 0.750. The Balaban J connectivity index is 1.83. The van der Waals surface area contributed by atoms with E-state index in [-0.39, 0.29) is 5.56 Å². The lowest BCUT2D eigenvalue weighted by atomic mass is 10.2. The van der Waals surface area contributed by atoms with Crippen LogP contribution in [0.3, 0.4) is 0 Å². The summed E-state index contributed by atoms with van der Waals surface area (Å²) in [6, 6.07) is 9.39. The largest absolute Gasteiger partial charge is 0.294 e. The van der Waals surface area contributed by atoms with Crippen molar-refractivity contribution in [2.24, 2.45) is 0 Å². The molecule has 0 saturated carbocycles. The third-order valence-electron chi connectivity index (χ3n) is 3.92. The van der Waals surface area contributed by atoms with E-state index in [0.717, 1.165) is 20.8 Å². The Morgan fingerprint density at radius 3 is 2.76 bits per heavy atom. The molecule has 0 aliphatic heterocycles. The number of hydrogen-bond acceptors (Lipinski definition) is 4. The van der Waals surface area contributed by atoms with E-state index < -0.39 is 0 Å². The maximum Gasteiger partial charge on any atom is 0.263 e. The zero-order chi connectivity index (χ0) is 17.6. The fraction of sp³-hybridized carbons (Fsp3) is 0.111. The van der Waals surface area contributed by atoms with Crippen molar-refractivity contribution < 1.29 is 0 Å². The van der Waals surface area contributed by atoms with Crippen molar-refractivity contribution >= 4 is 56.1 Å². The van der Waals surface area contributed by atoms with E-state index >= 15 is 0 Å². The number of hydrogen-bond donors (Lipinski definition) is 0. The van der Waals surface area contributed by atoms with E-state index in [9.17, 15) is 4.79 Å². The first-order chi connectivity index (χ1) is 12.0. The molecule has 0 aliphatic rings. The van der Waals surface area contributed by atoms with Crippen LogP contribution in [0.4, 0.5) is 0 Å². The minimum Gasteiger partial charge on any atom is -0.294 e. The number of aromatic nitrogens is 2. The van der Waals surface area contributed by atoms with E-state index in [1.165, 1.54) is 16.2 Å². The zero-order valence-electron chi connectivity index (χ0n) is 13.1. The van der Waals surface area contributed by atoms with Gasteiger partial charge in [0.1, 0.15) is 4.83 Å². The van der Waals surface area contributed by atoms with Crippen molar-refractivity contribution in [1.82, 2.24) is 9.55 Å². The first kappa shape index (κ1) is 16.8. The summed E-state index contributed by atoms with van der Waals surface area (Å²) < 4.78 is 1.59. The Bertz CT molecular complexity index is 1140. The highest BCUT2D eigenvalue weighted by Crippen LogP contribution is 2.35. The van der Waals surface area contributed by atoms with Crippen molar-refractivity contribution in [1.29, 1.82) is 0 Å². The highest BCUT2D eigenvalue weighted by molar-refractivity contribution is 7.19. The lowest BCUT2D eigenvalue weighted by Crippen LogP contribution is -2.21. The first-order valence-corrected chi connectivity index (χ1v) is 9.95. The van der Waals surface area contributed by atoms with Gasteiger partial charge in [0.25, 0.3) is 5.56 Å². The summed E-state index contributed by atoms with van der Waals surface area (Å²) in [5, 5.41) is 3.78. The second-order valence-electron chi connectivity index (χ2n) is 5.65. The SMILES string of the molecule is Cc1ccc(-c2csc3ncn(Cc4ccc(Cl)cc4Cl)c(=O)c23)s1. The molecule has 3 nitrogen and oxygen atoms in total. The number of rotatable bonds is 3. The van der Waals surface area contributed by atoms with Crippen LogP contribution in [0, 0.1) is 6.92 Å². The van der Waals surface area contributed by atoms with Gasteiger partial charge in [-0.1, -0.05) is 29.3 Å². The average molecular weight is 407 g/mol. The van der Waals surface area contributed by atoms with Crippen LogP contribution in [0.2, 0.25) is 10.0 Å². The minimum atomic E-state index is -0.0571. The van der Waals surface area contributed by atoms with Crippen molar-refractivity contribution in [3.8, 4) is 10.4 Å². The van der Waals surface area contributed by atoms with Gasteiger partial charge < -0.3 is 0 Å². The molecule has 4 aromatic rings. The number of benzene rings is 1. The standard InChI is InChI=1S/C18H12Cl2N2OS2/c1-10-2-5-15(25-10)13-8-24-17-16(13)18(23)22(9-21-17)7-11-3-4-12(19)6-14(11)20/h2-6,8-9H,7H2,1H3. The second-order valence-corrected chi connectivity index (χ2v) is 8.64. The molecule has 0 fully saturated rings. The second kappa shape index (κ2) is 6.57. The molecule has 0 atom stereocenters. The van der Waals surface area contributed by atoms with Crippen molar-refractivity contribution in [2.75, 3.05) is 0 Å². The van der Waals surface area contributed by atoms with Gasteiger partial charge in [-0.25, -0.2) is 4.98 Å². The van der Waals surface area contributed by atoms with Crippen molar-refractivity contribution in [2.45, 2.75) is 13.5 Å². The van der Waals surface area contributed by atoms with Crippen LogP contribution < -0.4 is 5.56 Å². The van der Waals surface area contributed by atoms with E-state index in [4.69, 9.17) is 23.2 Å². The molecule has 3 heterocycles. The summed E-state index contributed by atoms with van der Waals surface area (Å²) in [7, 11) is 0. The summed E-state index contributed by atoms with van der Waals surface area (Å²) in [5.74, 6) is 0. The van der Waals surface area contributed by atoms with E-state index in [1.807, 2.05) is 17.5 Å². The third-order valence-corrected chi connectivity index (χ3v) is 6.43. The van der Waals surface area contributed by atoms with Gasteiger partial charge in [-0.3, -0.25) is 9.36 Å². The molecule has 7 heteroatoms. The molecule has 0 bridgehead atoms. The normalized spacial score (nSPS) is 11.3. The molecule has 0 N–H and O–H groups in total. The third kappa shape index (κ3) is 3.13. The van der Waals surface area contributed by atoms with Crippen LogP contribution in [0.25, 0.3) is 20.7 Å². The molecule has 0 amide bonds. The van der Waals surface area contributed by atoms with Gasteiger partial charge in [-0.15, -0.1) is 22.7 Å². The molecule has 0 unspecified atom stereocenters. The predicted octanol–water partition coefficient (Wildman–Crippen LogP) is 5.85. The highest BCUT2D eigenvalue weighted by atomic mass is 35.5. The number of nitrogens with zero attached hydrogens (tertiary/aromatic N) is 2. The molecule has 25 heavy (non-hydrogen) atoms. The maximum absolute atomic E-state index is 13.0. The number of aryl methyl sites for hydroxylation is 1. The fourth-order valence-electron chi connectivity index (χ4n) is 2.67. The lowest BCUT2D eigenvalue weighted by Gasteiger charge is -2.08. The Kier molecular flexibility index (Phi) is 4.41. The van der Waals surface area contributed by atoms with Gasteiger partial charge in [0.05, 0.1) is 18.3 Å². The predicted molar refractivity (Wildman–Crippen MR) is 107 cm³/mol. The van der Waals surface area contributed by atoms with Crippen LogP contribution in [-0.4, -0.2) is 9.55 Å². The molecular weight excluding hydrogens is 395 g/mol. The van der Waals surface area contributed by atoms with Crippen molar-refractivity contribution in [3.63, 3.8) is 0 Å². The summed E-state index contributed by atoms with van der Waals surface area (Å²) >= 11 is 15.4. The Labute approximate surface area is 162 Å². The fourth-order valence-corrected chi connectivity index (χ4v) is 5.00. The van der Waals surface area contributed by atoms with Crippen LogP contribution in [0.15, 0.2) is 46.8 Å². The van der Waals surface area contributed by atoms with Crippen LogP contribution in [0.5, 0.6) is 0 Å². The molecule has 126 valence electrons. The van der Waals surface area contributed by atoms with Gasteiger partial charge in [-0.2, -0.15) is 0 Å². The number of halogens is 2. The van der Waals surface area contributed by atoms with Crippen molar-refractivity contribution in [3.05, 3.63) is 72.9 Å². The zero-order valence-corrected chi connectivity index (χ0v) is 16.3. The monoisotopic (exact) mass is 406 g/mol. The molecule has 0 spiro atoms. The highest BCUT2D eigenvalue weighted by Gasteiger charge is 2.15. The first-order valence-electron chi connectivity index (χ1n) is 7.50. The summed E-state index contributed by atoms with van der Waals surface area (Å²) in [4.78, 5) is 20.5. The van der Waals surface area contributed by atoms with Gasteiger partial charge in [0.2, 0.25) is 0 Å². The van der Waals surface area contributed by atoms with Crippen LogP contribution in [0.1, 0.15) is 10.4 Å². The maximum atomic E-state index is 13.0. The molecular formula is C18H12Cl2N2OS2. The van der Waals surface area contributed by atoms with Gasteiger partial charge >= 0.3 is 0 Å². The molecule has 1 aromatic carbocycles. The molecule has 0 aliphatic carbocycles. The molecule has 4 rings (SSSR count). The smallest absolute Gasteiger partial charge is 0.263 e. The van der Waals surface area contributed by atoms with Crippen LogP contribution in [-0.2, 0) is 6.54 Å². The average Bonchev–Trinajstić information content (AvgIpc) is 3.18. The topological polar surface area (TPSA) is 34.9 Å². The van der Waals surface area contributed by atoms with E-state index in [0.29, 0.717) is 22.0 Å². The summed E-state index contributed by atoms with van der Waals surface area (Å²) in [5.41, 5.74) is 1.73. The molecule has 0 saturated heterocycles. The van der Waals surface area contributed by atoms with E-state index in [1.54, 1.807) is 34.4 Å². The Hall–Kier alpha value is -1.66. The minimum absolute atomic E-state index is 0.0571. The molecule has 3 aromatic heterocycles. The van der Waals surface area contributed by atoms with Gasteiger partial charge in [0.15, 0.2) is 0 Å². The number of fused-ring (bicyclic) bond motifs is 1. The summed E-state index contributed by atoms with van der Waals surface area (Å²) in [6.45, 7) is 2.42. The van der Waals surface area contributed by atoms with Gasteiger partial charge in [0, 0.05) is 30.7 Å².